The minimum absolute atomic E-state index is 0.633. The molecule has 0 aliphatic heterocycles. The Labute approximate surface area is 126 Å². The van der Waals surface area contributed by atoms with Crippen LogP contribution in [0, 0.1) is 0 Å². The molecular formula is C15H14ClN3S. The number of aryl methyl sites for hydroxylation is 1. The second-order valence-electron chi connectivity index (χ2n) is 5.17. The van der Waals surface area contributed by atoms with E-state index >= 15 is 0 Å². The molecule has 3 heterocycles. The number of aromatic nitrogens is 3. The van der Waals surface area contributed by atoms with Crippen LogP contribution in [0.4, 0.5) is 0 Å². The van der Waals surface area contributed by atoms with E-state index in [0.717, 1.165) is 21.9 Å². The maximum absolute atomic E-state index is 6.09. The van der Waals surface area contributed by atoms with Gasteiger partial charge in [0.2, 0.25) is 0 Å². The molecule has 0 saturated heterocycles. The Hall–Kier alpha value is -1.39. The minimum Gasteiger partial charge on any atom is -0.248 e. The normalized spacial score (nSPS) is 15.1. The molecule has 3 aromatic rings. The van der Waals surface area contributed by atoms with Crippen LogP contribution in [0.25, 0.3) is 21.5 Å². The second-order valence-corrected chi connectivity index (χ2v) is 6.89. The molecule has 0 bridgehead atoms. The molecule has 0 aromatic carbocycles. The summed E-state index contributed by atoms with van der Waals surface area (Å²) in [5, 5.41) is 5.57. The van der Waals surface area contributed by atoms with Gasteiger partial charge in [0.1, 0.15) is 0 Å². The first-order valence-corrected chi connectivity index (χ1v) is 8.08. The van der Waals surface area contributed by atoms with Crippen LogP contribution in [0.1, 0.15) is 31.4 Å². The van der Waals surface area contributed by atoms with Gasteiger partial charge in [-0.25, -0.2) is 9.67 Å². The highest BCUT2D eigenvalue weighted by atomic mass is 35.5. The third kappa shape index (κ3) is 1.95. The van der Waals surface area contributed by atoms with Gasteiger partial charge in [0.15, 0.2) is 5.65 Å². The zero-order valence-corrected chi connectivity index (χ0v) is 12.7. The average molecular weight is 304 g/mol. The topological polar surface area (TPSA) is 30.7 Å². The molecule has 0 amide bonds. The van der Waals surface area contributed by atoms with E-state index in [4.69, 9.17) is 16.6 Å². The number of hydrogen-bond acceptors (Lipinski definition) is 3. The zero-order valence-electron chi connectivity index (χ0n) is 11.1. The number of hydrogen-bond donors (Lipinski definition) is 0. The molecule has 4 rings (SSSR count). The maximum Gasteiger partial charge on any atom is 0.158 e. The molecule has 102 valence electrons. The molecule has 3 nitrogen and oxygen atoms in total. The van der Waals surface area contributed by atoms with Crippen LogP contribution in [0.5, 0.6) is 0 Å². The van der Waals surface area contributed by atoms with E-state index in [-0.39, 0.29) is 0 Å². The minimum atomic E-state index is 0.633. The molecular weight excluding hydrogens is 290 g/mol. The standard InChI is InChI=1S/C15H14ClN3S/c1-2-19-15-11(8-17-19)10(13-5-6-14(16)20-13)7-12(18-15)9-3-4-9/h5-9H,2-4H2,1H3. The fraction of sp³-hybridized carbons (Fsp3) is 0.333. The van der Waals surface area contributed by atoms with Crippen LogP contribution in [0.15, 0.2) is 24.4 Å². The smallest absolute Gasteiger partial charge is 0.158 e. The largest absolute Gasteiger partial charge is 0.248 e. The van der Waals surface area contributed by atoms with Crippen LogP contribution in [0.3, 0.4) is 0 Å². The van der Waals surface area contributed by atoms with Crippen LogP contribution < -0.4 is 0 Å². The summed E-state index contributed by atoms with van der Waals surface area (Å²) in [4.78, 5) is 6.03. The summed E-state index contributed by atoms with van der Waals surface area (Å²) >= 11 is 7.70. The molecule has 0 radical (unpaired) electrons. The van der Waals surface area contributed by atoms with Crippen molar-refractivity contribution in [1.29, 1.82) is 0 Å². The van der Waals surface area contributed by atoms with Gasteiger partial charge in [-0.3, -0.25) is 0 Å². The molecule has 1 aliphatic carbocycles. The van der Waals surface area contributed by atoms with Crippen molar-refractivity contribution in [3.63, 3.8) is 0 Å². The average Bonchev–Trinajstić information content (AvgIpc) is 3.09. The van der Waals surface area contributed by atoms with Gasteiger partial charge in [0, 0.05) is 34.0 Å². The number of fused-ring (bicyclic) bond motifs is 1. The van der Waals surface area contributed by atoms with E-state index in [1.807, 2.05) is 16.9 Å². The first kappa shape index (κ1) is 12.4. The summed E-state index contributed by atoms with van der Waals surface area (Å²) in [5.41, 5.74) is 3.41. The maximum atomic E-state index is 6.09. The number of pyridine rings is 1. The van der Waals surface area contributed by atoms with Gasteiger partial charge in [-0.15, -0.1) is 11.3 Å². The van der Waals surface area contributed by atoms with Crippen LogP contribution in [-0.4, -0.2) is 14.8 Å². The molecule has 0 unspecified atom stereocenters. The second kappa shape index (κ2) is 4.57. The number of rotatable bonds is 3. The van der Waals surface area contributed by atoms with Gasteiger partial charge in [-0.05, 0) is 38.0 Å². The van der Waals surface area contributed by atoms with Gasteiger partial charge >= 0.3 is 0 Å². The van der Waals surface area contributed by atoms with Gasteiger partial charge in [-0.2, -0.15) is 5.10 Å². The third-order valence-corrected chi connectivity index (χ3v) is 5.03. The Morgan fingerprint density at radius 2 is 2.25 bits per heavy atom. The monoisotopic (exact) mass is 303 g/mol. The fourth-order valence-corrected chi connectivity index (χ4v) is 3.62. The molecule has 5 heteroatoms. The van der Waals surface area contributed by atoms with Crippen molar-refractivity contribution in [3.05, 3.63) is 34.4 Å². The summed E-state index contributed by atoms with van der Waals surface area (Å²) in [6.07, 6.45) is 4.43. The van der Waals surface area contributed by atoms with Gasteiger partial charge in [0.05, 0.1) is 10.5 Å². The lowest BCUT2D eigenvalue weighted by atomic mass is 10.1. The number of halogens is 1. The highest BCUT2D eigenvalue weighted by Gasteiger charge is 2.27. The van der Waals surface area contributed by atoms with Gasteiger partial charge < -0.3 is 0 Å². The zero-order chi connectivity index (χ0) is 13.7. The Morgan fingerprint density at radius 3 is 2.90 bits per heavy atom. The van der Waals surface area contributed by atoms with Crippen molar-refractivity contribution in [1.82, 2.24) is 14.8 Å². The van der Waals surface area contributed by atoms with Gasteiger partial charge in [-0.1, -0.05) is 11.6 Å². The SMILES string of the molecule is CCn1ncc2c(-c3ccc(Cl)s3)cc(C3CC3)nc21. The van der Waals surface area contributed by atoms with Crippen molar-refractivity contribution in [2.45, 2.75) is 32.2 Å². The Balaban J connectivity index is 1.99. The summed E-state index contributed by atoms with van der Waals surface area (Å²) in [5.74, 6) is 0.633. The Bertz CT molecular complexity index is 786. The number of nitrogens with zero attached hydrogens (tertiary/aromatic N) is 3. The fourth-order valence-electron chi connectivity index (χ4n) is 2.55. The molecule has 20 heavy (non-hydrogen) atoms. The molecule has 1 saturated carbocycles. The third-order valence-electron chi connectivity index (χ3n) is 3.76. The molecule has 0 atom stereocenters. The van der Waals surface area contributed by atoms with Crippen molar-refractivity contribution in [3.8, 4) is 10.4 Å². The lowest BCUT2D eigenvalue weighted by Crippen LogP contribution is -1.99. The van der Waals surface area contributed by atoms with E-state index in [9.17, 15) is 0 Å². The van der Waals surface area contributed by atoms with Crippen molar-refractivity contribution < 1.29 is 0 Å². The quantitative estimate of drug-likeness (QED) is 0.701. The van der Waals surface area contributed by atoms with Crippen molar-refractivity contribution in [2.24, 2.45) is 0 Å². The van der Waals surface area contributed by atoms with E-state index in [1.165, 1.54) is 29.0 Å². The van der Waals surface area contributed by atoms with E-state index in [1.54, 1.807) is 11.3 Å². The lowest BCUT2D eigenvalue weighted by Gasteiger charge is -2.06. The summed E-state index contributed by atoms with van der Waals surface area (Å²) in [7, 11) is 0. The predicted octanol–water partition coefficient (Wildman–Crippen LogP) is 4.71. The predicted molar refractivity (Wildman–Crippen MR) is 83.5 cm³/mol. The molecule has 1 fully saturated rings. The van der Waals surface area contributed by atoms with Crippen molar-refractivity contribution >= 4 is 34.0 Å². The van der Waals surface area contributed by atoms with Gasteiger partial charge in [0.25, 0.3) is 0 Å². The van der Waals surface area contributed by atoms with Crippen LogP contribution >= 0.6 is 22.9 Å². The summed E-state index contributed by atoms with van der Waals surface area (Å²) in [6, 6.07) is 6.26. The summed E-state index contributed by atoms with van der Waals surface area (Å²) in [6.45, 7) is 2.94. The Morgan fingerprint density at radius 1 is 1.40 bits per heavy atom. The van der Waals surface area contributed by atoms with Crippen LogP contribution in [0.2, 0.25) is 4.34 Å². The molecule has 1 aliphatic rings. The molecule has 3 aromatic heterocycles. The van der Waals surface area contributed by atoms with E-state index in [0.29, 0.717) is 5.92 Å². The summed E-state index contributed by atoms with van der Waals surface area (Å²) < 4.78 is 2.79. The lowest BCUT2D eigenvalue weighted by molar-refractivity contribution is 0.675. The molecule has 0 N–H and O–H groups in total. The first-order valence-electron chi connectivity index (χ1n) is 6.88. The highest BCUT2D eigenvalue weighted by molar-refractivity contribution is 7.19. The van der Waals surface area contributed by atoms with E-state index < -0.39 is 0 Å². The van der Waals surface area contributed by atoms with Crippen LogP contribution in [-0.2, 0) is 6.54 Å². The van der Waals surface area contributed by atoms with E-state index in [2.05, 4.69) is 24.2 Å². The number of thiophene rings is 1. The molecule has 0 spiro atoms. The Kier molecular flexibility index (Phi) is 2.82. The first-order chi connectivity index (χ1) is 9.76. The van der Waals surface area contributed by atoms with Crippen molar-refractivity contribution in [2.75, 3.05) is 0 Å². The highest BCUT2D eigenvalue weighted by Crippen LogP contribution is 2.43.